The van der Waals surface area contributed by atoms with E-state index in [-0.39, 0.29) is 11.9 Å². The Bertz CT molecular complexity index is 228. The minimum absolute atomic E-state index is 0.121. The molecule has 100 valence electrons. The van der Waals surface area contributed by atoms with Gasteiger partial charge in [-0.15, -0.1) is 0 Å². The largest absolute Gasteiger partial charge is 0.383 e. The van der Waals surface area contributed by atoms with Gasteiger partial charge in [-0.05, 0) is 5.92 Å². The number of carbonyl (C=O) groups excluding carboxylic acids is 1. The summed E-state index contributed by atoms with van der Waals surface area (Å²) < 4.78 is 10.4. The van der Waals surface area contributed by atoms with Gasteiger partial charge in [-0.2, -0.15) is 0 Å². The third-order valence-corrected chi connectivity index (χ3v) is 2.68. The van der Waals surface area contributed by atoms with Gasteiger partial charge in [0.25, 0.3) is 0 Å². The van der Waals surface area contributed by atoms with Crippen LogP contribution in [0.1, 0.15) is 13.8 Å². The van der Waals surface area contributed by atoms with Crippen molar-refractivity contribution in [2.45, 2.75) is 19.9 Å². The van der Waals surface area contributed by atoms with Crippen LogP contribution in [0.2, 0.25) is 0 Å². The Labute approximate surface area is 103 Å². The summed E-state index contributed by atoms with van der Waals surface area (Å²) in [5, 5.41) is 3.19. The molecule has 5 nitrogen and oxygen atoms in total. The Hall–Kier alpha value is -0.650. The van der Waals surface area contributed by atoms with E-state index in [0.717, 1.165) is 13.1 Å². The topological polar surface area (TPSA) is 50.8 Å². The number of rotatable bonds is 6. The van der Waals surface area contributed by atoms with Crippen LogP contribution < -0.4 is 5.32 Å². The predicted molar refractivity (Wildman–Crippen MR) is 65.9 cm³/mol. The molecule has 1 atom stereocenters. The van der Waals surface area contributed by atoms with Crippen molar-refractivity contribution in [2.24, 2.45) is 5.92 Å². The molecule has 1 amide bonds. The Balaban J connectivity index is 2.50. The fraction of sp³-hybridized carbons (Fsp3) is 0.917. The number of hydrogen-bond acceptors (Lipinski definition) is 4. The predicted octanol–water partition coefficient (Wildman–Crippen LogP) is 0.106. The third kappa shape index (κ3) is 5.02. The molecule has 1 saturated heterocycles. The second-order valence-corrected chi connectivity index (χ2v) is 4.75. The Morgan fingerprint density at radius 2 is 2.35 bits per heavy atom. The normalized spacial score (nSPS) is 20.6. The first kappa shape index (κ1) is 14.4. The van der Waals surface area contributed by atoms with Crippen LogP contribution in [0.4, 0.5) is 0 Å². The fourth-order valence-electron chi connectivity index (χ4n) is 1.88. The molecule has 1 aliphatic rings. The molecule has 0 aromatic carbocycles. The lowest BCUT2D eigenvalue weighted by Crippen LogP contribution is -2.53. The van der Waals surface area contributed by atoms with Crippen LogP contribution in [0.25, 0.3) is 0 Å². The first-order chi connectivity index (χ1) is 8.15. The van der Waals surface area contributed by atoms with E-state index in [2.05, 4.69) is 19.2 Å². The summed E-state index contributed by atoms with van der Waals surface area (Å²) in [6.07, 6.45) is 0. The maximum absolute atomic E-state index is 12.3. The van der Waals surface area contributed by atoms with E-state index in [1.165, 1.54) is 0 Å². The molecule has 0 spiro atoms. The molecular weight excluding hydrogens is 220 g/mol. The van der Waals surface area contributed by atoms with Crippen molar-refractivity contribution < 1.29 is 14.3 Å². The molecule has 0 aromatic rings. The summed E-state index contributed by atoms with van der Waals surface area (Å²) in [6, 6.07) is -0.195. The lowest BCUT2D eigenvalue weighted by atomic mass is 10.1. The zero-order valence-electron chi connectivity index (χ0n) is 11.1. The molecule has 0 bridgehead atoms. The average molecular weight is 244 g/mol. The lowest BCUT2D eigenvalue weighted by molar-refractivity contribution is -0.137. The van der Waals surface area contributed by atoms with Crippen molar-refractivity contribution in [1.82, 2.24) is 10.2 Å². The van der Waals surface area contributed by atoms with E-state index >= 15 is 0 Å². The SMILES string of the molecule is COCCN(CC(C)C)C(=O)C1COCCN1. The molecular formula is C12H24N2O3. The second kappa shape index (κ2) is 7.63. The van der Waals surface area contributed by atoms with Crippen molar-refractivity contribution in [2.75, 3.05) is 46.6 Å². The molecule has 0 radical (unpaired) electrons. The van der Waals surface area contributed by atoms with Crippen LogP contribution in [0.3, 0.4) is 0 Å². The minimum Gasteiger partial charge on any atom is -0.383 e. The van der Waals surface area contributed by atoms with Gasteiger partial charge in [-0.25, -0.2) is 0 Å². The highest BCUT2D eigenvalue weighted by atomic mass is 16.5. The van der Waals surface area contributed by atoms with Gasteiger partial charge in [0.05, 0.1) is 19.8 Å². The fourth-order valence-corrected chi connectivity index (χ4v) is 1.88. The van der Waals surface area contributed by atoms with Gasteiger partial charge < -0.3 is 19.7 Å². The molecule has 1 unspecified atom stereocenters. The van der Waals surface area contributed by atoms with Gasteiger partial charge in [0.1, 0.15) is 6.04 Å². The Morgan fingerprint density at radius 1 is 1.59 bits per heavy atom. The molecule has 5 heteroatoms. The van der Waals surface area contributed by atoms with Crippen LogP contribution >= 0.6 is 0 Å². The first-order valence-electron chi connectivity index (χ1n) is 6.24. The van der Waals surface area contributed by atoms with E-state index in [0.29, 0.717) is 32.3 Å². The van der Waals surface area contributed by atoms with Crippen molar-refractivity contribution in [3.63, 3.8) is 0 Å². The molecule has 1 heterocycles. The summed E-state index contributed by atoms with van der Waals surface area (Å²) in [4.78, 5) is 14.1. The molecule has 0 aliphatic carbocycles. The van der Waals surface area contributed by atoms with Crippen molar-refractivity contribution in [3.8, 4) is 0 Å². The summed E-state index contributed by atoms with van der Waals surface area (Å²) >= 11 is 0. The van der Waals surface area contributed by atoms with Gasteiger partial charge in [0, 0.05) is 26.7 Å². The molecule has 1 fully saturated rings. The zero-order valence-corrected chi connectivity index (χ0v) is 11.1. The average Bonchev–Trinajstić information content (AvgIpc) is 2.34. The van der Waals surface area contributed by atoms with Crippen LogP contribution in [0.15, 0.2) is 0 Å². The number of morpholine rings is 1. The van der Waals surface area contributed by atoms with Crippen molar-refractivity contribution in [1.29, 1.82) is 0 Å². The number of nitrogens with one attached hydrogen (secondary N) is 1. The summed E-state index contributed by atoms with van der Waals surface area (Å²) in [7, 11) is 1.65. The van der Waals surface area contributed by atoms with Crippen molar-refractivity contribution in [3.05, 3.63) is 0 Å². The molecule has 1 aliphatic heterocycles. The highest BCUT2D eigenvalue weighted by Gasteiger charge is 2.26. The standard InChI is InChI=1S/C12H24N2O3/c1-10(2)8-14(5-7-16-3)12(15)11-9-17-6-4-13-11/h10-11,13H,4-9H2,1-3H3. The van der Waals surface area contributed by atoms with E-state index in [4.69, 9.17) is 9.47 Å². The zero-order chi connectivity index (χ0) is 12.7. The maximum atomic E-state index is 12.3. The Morgan fingerprint density at radius 3 is 2.88 bits per heavy atom. The molecule has 1 N–H and O–H groups in total. The van der Waals surface area contributed by atoms with Gasteiger partial charge >= 0.3 is 0 Å². The lowest BCUT2D eigenvalue weighted by Gasteiger charge is -2.31. The quantitative estimate of drug-likeness (QED) is 0.720. The summed E-state index contributed by atoms with van der Waals surface area (Å²) in [5.74, 6) is 0.579. The van der Waals surface area contributed by atoms with E-state index in [1.807, 2.05) is 4.90 Å². The number of hydrogen-bond donors (Lipinski definition) is 1. The highest BCUT2D eigenvalue weighted by Crippen LogP contribution is 2.04. The van der Waals surface area contributed by atoms with Crippen LogP contribution in [0.5, 0.6) is 0 Å². The maximum Gasteiger partial charge on any atom is 0.242 e. The van der Waals surface area contributed by atoms with Crippen LogP contribution in [-0.2, 0) is 14.3 Å². The van der Waals surface area contributed by atoms with E-state index in [1.54, 1.807) is 7.11 Å². The van der Waals surface area contributed by atoms with Crippen LogP contribution in [0, 0.1) is 5.92 Å². The number of ether oxygens (including phenoxy) is 2. The monoisotopic (exact) mass is 244 g/mol. The smallest absolute Gasteiger partial charge is 0.242 e. The third-order valence-electron chi connectivity index (χ3n) is 2.68. The van der Waals surface area contributed by atoms with E-state index < -0.39 is 0 Å². The van der Waals surface area contributed by atoms with Crippen molar-refractivity contribution >= 4 is 5.91 Å². The number of methoxy groups -OCH3 is 1. The molecule has 1 rings (SSSR count). The number of carbonyl (C=O) groups is 1. The first-order valence-corrected chi connectivity index (χ1v) is 6.24. The summed E-state index contributed by atoms with van der Waals surface area (Å²) in [5.41, 5.74) is 0. The molecule has 17 heavy (non-hydrogen) atoms. The number of nitrogens with zero attached hydrogens (tertiary/aromatic N) is 1. The molecule has 0 aromatic heterocycles. The van der Waals surface area contributed by atoms with Crippen LogP contribution in [-0.4, -0.2) is 63.4 Å². The highest BCUT2D eigenvalue weighted by molar-refractivity contribution is 5.82. The van der Waals surface area contributed by atoms with Gasteiger partial charge in [-0.1, -0.05) is 13.8 Å². The summed E-state index contributed by atoms with van der Waals surface area (Å²) in [6.45, 7) is 8.11. The van der Waals surface area contributed by atoms with Gasteiger partial charge in [0.2, 0.25) is 5.91 Å². The Kier molecular flexibility index (Phi) is 6.47. The minimum atomic E-state index is -0.195. The molecule has 0 saturated carbocycles. The second-order valence-electron chi connectivity index (χ2n) is 4.75. The van der Waals surface area contributed by atoms with Gasteiger partial charge in [0.15, 0.2) is 0 Å². The van der Waals surface area contributed by atoms with Gasteiger partial charge in [-0.3, -0.25) is 4.79 Å². The van der Waals surface area contributed by atoms with E-state index in [9.17, 15) is 4.79 Å². The number of amides is 1.